The Morgan fingerprint density at radius 1 is 1.27 bits per heavy atom. The third kappa shape index (κ3) is 3.39. The molecule has 0 atom stereocenters. The van der Waals surface area contributed by atoms with Crippen LogP contribution in [0.25, 0.3) is 11.0 Å². The number of pyridine rings is 1. The van der Waals surface area contributed by atoms with E-state index in [1.807, 2.05) is 13.8 Å². The van der Waals surface area contributed by atoms with Gasteiger partial charge in [-0.15, -0.1) is 0 Å². The molecular weight excluding hydrogens is 357 g/mol. The average Bonchev–Trinajstić information content (AvgIpc) is 2.55. The molecule has 1 aromatic carbocycles. The third-order valence-corrected chi connectivity index (χ3v) is 4.93. The molecule has 0 aliphatic heterocycles. The molecule has 1 N–H and O–H groups in total. The Balaban J connectivity index is 2.23. The summed E-state index contributed by atoms with van der Waals surface area (Å²) < 4.78 is 20.2. The van der Waals surface area contributed by atoms with Gasteiger partial charge in [-0.3, -0.25) is 4.79 Å². The second-order valence-electron chi connectivity index (χ2n) is 6.46. The first kappa shape index (κ1) is 18.3. The molecule has 0 radical (unpaired) electrons. The van der Waals surface area contributed by atoms with Crippen LogP contribution < -0.4 is 11.2 Å². The highest BCUT2D eigenvalue weighted by atomic mass is 32.2. The second kappa shape index (κ2) is 6.99. The minimum atomic E-state index is -0.773. The van der Waals surface area contributed by atoms with Crippen molar-refractivity contribution in [1.29, 1.82) is 0 Å². The molecule has 26 heavy (non-hydrogen) atoms. The summed E-state index contributed by atoms with van der Waals surface area (Å²) in [6.07, 6.45) is 0. The van der Waals surface area contributed by atoms with Crippen molar-refractivity contribution in [3.63, 3.8) is 0 Å². The van der Waals surface area contributed by atoms with Gasteiger partial charge in [-0.05, 0) is 31.0 Å². The number of aromatic nitrogens is 1. The monoisotopic (exact) mass is 375 g/mol. The summed E-state index contributed by atoms with van der Waals surface area (Å²) in [5.74, 6) is -0.676. The summed E-state index contributed by atoms with van der Waals surface area (Å²) in [6, 6.07) is 7.18. The Labute approximate surface area is 153 Å². The molecule has 3 aromatic rings. The first-order chi connectivity index (χ1) is 12.3. The molecule has 3 rings (SSSR count). The topological polar surface area (TPSA) is 72.4 Å². The molecule has 7 heteroatoms. The van der Waals surface area contributed by atoms with Gasteiger partial charge in [-0.2, -0.15) is 0 Å². The Hall–Kier alpha value is -2.54. The number of rotatable bonds is 4. The highest BCUT2D eigenvalue weighted by Crippen LogP contribution is 2.35. The average molecular weight is 375 g/mol. The molecule has 2 heterocycles. The maximum Gasteiger partial charge on any atom is 0.354 e. The smallest absolute Gasteiger partial charge is 0.354 e. The number of halogens is 1. The van der Waals surface area contributed by atoms with Crippen LogP contribution in [0.15, 0.2) is 54.1 Å². The van der Waals surface area contributed by atoms with Crippen LogP contribution in [0.3, 0.4) is 0 Å². The lowest BCUT2D eigenvalue weighted by atomic mass is 10.2. The zero-order valence-corrected chi connectivity index (χ0v) is 15.4. The lowest BCUT2D eigenvalue weighted by molar-refractivity contribution is 0.443. The normalized spacial score (nSPS) is 11.4. The van der Waals surface area contributed by atoms with Gasteiger partial charge in [0.15, 0.2) is 5.75 Å². The van der Waals surface area contributed by atoms with E-state index in [0.29, 0.717) is 17.1 Å². The van der Waals surface area contributed by atoms with Crippen LogP contribution >= 0.6 is 11.8 Å². The molecule has 0 aliphatic rings. The van der Waals surface area contributed by atoms with E-state index < -0.39 is 22.8 Å². The van der Waals surface area contributed by atoms with E-state index in [1.165, 1.54) is 18.2 Å². The quantitative estimate of drug-likeness (QED) is 0.748. The molecule has 136 valence electrons. The Bertz CT molecular complexity index is 1100. The molecule has 0 fully saturated rings. The van der Waals surface area contributed by atoms with Crippen LogP contribution in [0.2, 0.25) is 0 Å². The fourth-order valence-electron chi connectivity index (χ4n) is 2.73. The van der Waals surface area contributed by atoms with Crippen LogP contribution in [0.5, 0.6) is 5.75 Å². The molecule has 0 aliphatic carbocycles. The maximum absolute atomic E-state index is 13.4. The van der Waals surface area contributed by atoms with Gasteiger partial charge < -0.3 is 14.1 Å². The van der Waals surface area contributed by atoms with E-state index in [1.54, 1.807) is 23.6 Å². The summed E-state index contributed by atoms with van der Waals surface area (Å²) in [6.45, 7) is 6.18. The first-order valence-corrected chi connectivity index (χ1v) is 8.93. The van der Waals surface area contributed by atoms with Gasteiger partial charge in [-0.25, -0.2) is 9.18 Å². The second-order valence-corrected chi connectivity index (χ2v) is 7.55. The standard InChI is InChI=1S/C19H18FNO4S/c1-10(2)9-21-11(3)7-14-15(18(21)23)16(22)17(19(24)25-14)26-13-6-4-5-12(20)8-13/h4-8,10,22H,9H2,1-3H3. The van der Waals surface area contributed by atoms with Crippen molar-refractivity contribution in [3.8, 4) is 5.75 Å². The van der Waals surface area contributed by atoms with Crippen molar-refractivity contribution in [2.75, 3.05) is 0 Å². The van der Waals surface area contributed by atoms with Crippen LogP contribution in [0.4, 0.5) is 4.39 Å². The first-order valence-electron chi connectivity index (χ1n) is 8.11. The Morgan fingerprint density at radius 2 is 2.00 bits per heavy atom. The summed E-state index contributed by atoms with van der Waals surface area (Å²) in [5.41, 5.74) is -0.511. The highest BCUT2D eigenvalue weighted by Gasteiger charge is 2.20. The van der Waals surface area contributed by atoms with E-state index in [-0.39, 0.29) is 21.8 Å². The van der Waals surface area contributed by atoms with Gasteiger partial charge in [0, 0.05) is 23.2 Å². The fourth-order valence-corrected chi connectivity index (χ4v) is 3.60. The van der Waals surface area contributed by atoms with Crippen molar-refractivity contribution in [1.82, 2.24) is 4.57 Å². The summed E-state index contributed by atoms with van der Waals surface area (Å²) in [5, 5.41) is 10.6. The van der Waals surface area contributed by atoms with Crippen molar-refractivity contribution in [2.24, 2.45) is 5.92 Å². The van der Waals surface area contributed by atoms with Gasteiger partial charge in [-0.1, -0.05) is 31.7 Å². The fraction of sp³-hybridized carbons (Fsp3) is 0.263. The Kier molecular flexibility index (Phi) is 4.91. The van der Waals surface area contributed by atoms with Crippen molar-refractivity contribution >= 4 is 22.7 Å². The van der Waals surface area contributed by atoms with E-state index in [9.17, 15) is 19.1 Å². The van der Waals surface area contributed by atoms with Crippen LogP contribution in [-0.4, -0.2) is 9.67 Å². The minimum absolute atomic E-state index is 0.0404. The van der Waals surface area contributed by atoms with Gasteiger partial charge in [0.2, 0.25) is 0 Å². The molecule has 0 bridgehead atoms. The molecule has 0 saturated carbocycles. The van der Waals surface area contributed by atoms with E-state index >= 15 is 0 Å². The highest BCUT2D eigenvalue weighted by molar-refractivity contribution is 7.99. The van der Waals surface area contributed by atoms with Crippen LogP contribution in [0, 0.1) is 18.7 Å². The van der Waals surface area contributed by atoms with Gasteiger partial charge in [0.25, 0.3) is 5.56 Å². The number of aryl methyl sites for hydroxylation is 1. The molecule has 0 spiro atoms. The molecule has 0 amide bonds. The van der Waals surface area contributed by atoms with Gasteiger partial charge >= 0.3 is 5.63 Å². The van der Waals surface area contributed by atoms with Crippen LogP contribution in [0.1, 0.15) is 19.5 Å². The lowest BCUT2D eigenvalue weighted by Gasteiger charge is -2.14. The lowest BCUT2D eigenvalue weighted by Crippen LogP contribution is -2.25. The van der Waals surface area contributed by atoms with Crippen molar-refractivity contribution < 1.29 is 13.9 Å². The summed E-state index contributed by atoms with van der Waals surface area (Å²) >= 11 is 0.858. The SMILES string of the molecule is Cc1cc2oc(=O)c(Sc3cccc(F)c3)c(O)c2c(=O)n1CC(C)C. The number of hydrogen-bond donors (Lipinski definition) is 1. The number of nitrogens with zero attached hydrogens (tertiary/aromatic N) is 1. The maximum atomic E-state index is 13.4. The third-order valence-electron chi connectivity index (χ3n) is 3.87. The van der Waals surface area contributed by atoms with Crippen molar-refractivity contribution in [3.05, 3.63) is 62.6 Å². The summed E-state index contributed by atoms with van der Waals surface area (Å²) in [4.78, 5) is 25.4. The van der Waals surface area contributed by atoms with Gasteiger partial charge in [0.05, 0.1) is 0 Å². The Morgan fingerprint density at radius 3 is 2.65 bits per heavy atom. The minimum Gasteiger partial charge on any atom is -0.505 e. The number of fused-ring (bicyclic) bond motifs is 1. The zero-order valence-electron chi connectivity index (χ0n) is 14.6. The largest absolute Gasteiger partial charge is 0.505 e. The summed E-state index contributed by atoms with van der Waals surface area (Å²) in [7, 11) is 0. The molecular formula is C19H18FNO4S. The predicted octanol–water partition coefficient (Wildman–Crippen LogP) is 3.92. The van der Waals surface area contributed by atoms with E-state index in [0.717, 1.165) is 11.8 Å². The predicted molar refractivity (Wildman–Crippen MR) is 98.5 cm³/mol. The van der Waals surface area contributed by atoms with Gasteiger partial charge in [0.1, 0.15) is 21.7 Å². The van der Waals surface area contributed by atoms with Crippen molar-refractivity contribution in [2.45, 2.75) is 37.1 Å². The van der Waals surface area contributed by atoms with E-state index in [2.05, 4.69) is 0 Å². The molecule has 5 nitrogen and oxygen atoms in total. The van der Waals surface area contributed by atoms with E-state index in [4.69, 9.17) is 4.42 Å². The zero-order chi connectivity index (χ0) is 19.0. The number of aromatic hydroxyl groups is 1. The molecule has 0 unspecified atom stereocenters. The number of benzene rings is 1. The van der Waals surface area contributed by atoms with Crippen LogP contribution in [-0.2, 0) is 6.54 Å². The molecule has 2 aromatic heterocycles. The molecule has 0 saturated heterocycles. The number of hydrogen-bond acceptors (Lipinski definition) is 5.